The second-order valence-corrected chi connectivity index (χ2v) is 8.32. The number of fused-ring (bicyclic) bond motifs is 2. The molecule has 0 fully saturated rings. The monoisotopic (exact) mass is 393 g/mol. The van der Waals surface area contributed by atoms with Gasteiger partial charge in [0.25, 0.3) is 0 Å². The molecule has 28 heavy (non-hydrogen) atoms. The number of carbonyl (C=O) groups is 2. The summed E-state index contributed by atoms with van der Waals surface area (Å²) in [5, 5.41) is 0.624. The Bertz CT molecular complexity index is 1070. The van der Waals surface area contributed by atoms with Crippen molar-refractivity contribution in [2.75, 3.05) is 11.4 Å². The first kappa shape index (κ1) is 18.7. The lowest BCUT2D eigenvalue weighted by molar-refractivity contribution is -0.116. The third kappa shape index (κ3) is 3.22. The van der Waals surface area contributed by atoms with Crippen molar-refractivity contribution < 1.29 is 9.59 Å². The van der Waals surface area contributed by atoms with E-state index >= 15 is 0 Å². The Morgan fingerprint density at radius 1 is 1.21 bits per heavy atom. The normalized spacial score (nSPS) is 14.3. The Morgan fingerprint density at radius 3 is 2.75 bits per heavy atom. The van der Waals surface area contributed by atoms with Crippen LogP contribution in [0.1, 0.15) is 36.7 Å². The molecule has 0 aliphatic carbocycles. The molecule has 0 bridgehead atoms. The topological polar surface area (TPSA) is 55.2 Å². The van der Waals surface area contributed by atoms with Crippen LogP contribution in [-0.2, 0) is 17.8 Å². The summed E-state index contributed by atoms with van der Waals surface area (Å²) < 4.78 is 2.15. The van der Waals surface area contributed by atoms with Crippen LogP contribution in [0.5, 0.6) is 0 Å². The number of imidazole rings is 1. The van der Waals surface area contributed by atoms with E-state index in [2.05, 4.69) is 17.6 Å². The van der Waals surface area contributed by atoms with Crippen molar-refractivity contribution in [3.05, 3.63) is 53.6 Å². The van der Waals surface area contributed by atoms with E-state index in [4.69, 9.17) is 4.98 Å². The first-order valence-electron chi connectivity index (χ1n) is 9.56. The average molecular weight is 394 g/mol. The molecular formula is C22H23N3O2S. The van der Waals surface area contributed by atoms with Crippen LogP contribution < -0.4 is 4.90 Å². The summed E-state index contributed by atoms with van der Waals surface area (Å²) in [6.45, 7) is 7.09. The quantitative estimate of drug-likeness (QED) is 0.478. The average Bonchev–Trinajstić information content (AvgIpc) is 3.27. The number of para-hydroxylation sites is 2. The minimum Gasteiger partial charge on any atom is -0.319 e. The van der Waals surface area contributed by atoms with Gasteiger partial charge in [0.15, 0.2) is 10.9 Å². The fraction of sp³-hybridized carbons (Fsp3) is 0.318. The van der Waals surface area contributed by atoms with Crippen molar-refractivity contribution in [1.29, 1.82) is 0 Å². The molecular weight excluding hydrogens is 370 g/mol. The van der Waals surface area contributed by atoms with Crippen LogP contribution in [0, 0.1) is 0 Å². The number of anilines is 1. The van der Waals surface area contributed by atoms with Crippen LogP contribution in [0.3, 0.4) is 0 Å². The highest BCUT2D eigenvalue weighted by atomic mass is 32.2. The smallest absolute Gasteiger partial charge is 0.223 e. The number of aryl methyl sites for hydroxylation is 1. The van der Waals surface area contributed by atoms with Crippen molar-refractivity contribution in [1.82, 2.24) is 9.55 Å². The van der Waals surface area contributed by atoms with Crippen LogP contribution in [0.4, 0.5) is 5.69 Å². The maximum absolute atomic E-state index is 13.0. The fourth-order valence-electron chi connectivity index (χ4n) is 3.78. The summed E-state index contributed by atoms with van der Waals surface area (Å²) in [7, 11) is 0. The van der Waals surface area contributed by atoms with Crippen LogP contribution in [0.25, 0.3) is 11.0 Å². The van der Waals surface area contributed by atoms with Gasteiger partial charge in [-0.2, -0.15) is 0 Å². The third-order valence-corrected chi connectivity index (χ3v) is 6.32. The van der Waals surface area contributed by atoms with Gasteiger partial charge in [0.1, 0.15) is 0 Å². The van der Waals surface area contributed by atoms with Gasteiger partial charge in [-0.3, -0.25) is 9.59 Å². The number of benzene rings is 2. The van der Waals surface area contributed by atoms with Gasteiger partial charge >= 0.3 is 0 Å². The molecule has 0 radical (unpaired) electrons. The number of hydrogen-bond donors (Lipinski definition) is 0. The van der Waals surface area contributed by atoms with Gasteiger partial charge in [-0.15, -0.1) is 0 Å². The molecule has 1 aromatic heterocycles. The second kappa shape index (κ2) is 7.43. The van der Waals surface area contributed by atoms with Crippen molar-refractivity contribution >= 4 is 40.2 Å². The maximum Gasteiger partial charge on any atom is 0.223 e. The van der Waals surface area contributed by atoms with Gasteiger partial charge < -0.3 is 9.47 Å². The van der Waals surface area contributed by atoms with Crippen molar-refractivity contribution in [3.8, 4) is 0 Å². The van der Waals surface area contributed by atoms with Gasteiger partial charge in [-0.05, 0) is 56.2 Å². The molecule has 1 atom stereocenters. The van der Waals surface area contributed by atoms with E-state index in [0.29, 0.717) is 12.1 Å². The van der Waals surface area contributed by atoms with E-state index in [9.17, 15) is 9.59 Å². The van der Waals surface area contributed by atoms with Crippen LogP contribution in [0.2, 0.25) is 0 Å². The van der Waals surface area contributed by atoms with Gasteiger partial charge in [0, 0.05) is 31.3 Å². The van der Waals surface area contributed by atoms with Crippen LogP contribution >= 0.6 is 11.8 Å². The summed E-state index contributed by atoms with van der Waals surface area (Å²) in [6, 6.07) is 13.7. The predicted octanol–water partition coefficient (Wildman–Crippen LogP) is 4.33. The summed E-state index contributed by atoms with van der Waals surface area (Å²) in [5.41, 5.74) is 4.74. The standard InChI is InChI=1S/C22H23N3O2S/c1-4-24-20-8-6-5-7-18(20)23-22(24)28-14(2)21(27)17-9-10-19-16(13-17)11-12-25(19)15(3)26/h5-10,13-14H,4,11-12H2,1-3H3. The molecule has 0 saturated heterocycles. The zero-order valence-corrected chi connectivity index (χ0v) is 17.1. The van der Waals surface area contributed by atoms with Crippen LogP contribution in [-0.4, -0.2) is 33.0 Å². The fourth-order valence-corrected chi connectivity index (χ4v) is 4.84. The number of ketones is 1. The highest BCUT2D eigenvalue weighted by Gasteiger charge is 2.25. The van der Waals surface area contributed by atoms with Gasteiger partial charge in [-0.1, -0.05) is 23.9 Å². The van der Waals surface area contributed by atoms with E-state index in [-0.39, 0.29) is 16.9 Å². The molecule has 1 aliphatic rings. The van der Waals surface area contributed by atoms with E-state index in [0.717, 1.165) is 40.4 Å². The molecule has 6 heteroatoms. The molecule has 144 valence electrons. The number of nitrogens with zero attached hydrogens (tertiary/aromatic N) is 3. The molecule has 2 heterocycles. The maximum atomic E-state index is 13.0. The molecule has 3 aromatic rings. The summed E-state index contributed by atoms with van der Waals surface area (Å²) in [5.74, 6) is 0.129. The van der Waals surface area contributed by atoms with Crippen molar-refractivity contribution in [2.45, 2.75) is 44.1 Å². The number of Topliss-reactive ketones (excluding diaryl/α,β-unsaturated/α-hetero) is 1. The summed E-state index contributed by atoms with van der Waals surface area (Å²) >= 11 is 1.50. The van der Waals surface area contributed by atoms with E-state index in [1.165, 1.54) is 11.8 Å². The molecule has 1 unspecified atom stereocenters. The third-order valence-electron chi connectivity index (χ3n) is 5.23. The zero-order valence-electron chi connectivity index (χ0n) is 16.3. The lowest BCUT2D eigenvalue weighted by atomic mass is 10.0. The lowest BCUT2D eigenvalue weighted by Gasteiger charge is -2.15. The van der Waals surface area contributed by atoms with E-state index < -0.39 is 0 Å². The van der Waals surface area contributed by atoms with Gasteiger partial charge in [-0.25, -0.2) is 4.98 Å². The molecule has 1 aliphatic heterocycles. The number of carbonyl (C=O) groups excluding carboxylic acids is 2. The number of hydrogen-bond acceptors (Lipinski definition) is 4. The molecule has 4 rings (SSSR count). The Kier molecular flexibility index (Phi) is 4.98. The number of amides is 1. The first-order valence-corrected chi connectivity index (χ1v) is 10.4. The molecule has 1 amide bonds. The Labute approximate surface area is 168 Å². The molecule has 5 nitrogen and oxygen atoms in total. The lowest BCUT2D eigenvalue weighted by Crippen LogP contribution is -2.25. The minimum atomic E-state index is -0.245. The largest absolute Gasteiger partial charge is 0.319 e. The van der Waals surface area contributed by atoms with Crippen molar-refractivity contribution in [2.24, 2.45) is 0 Å². The number of aromatic nitrogens is 2. The summed E-state index contributed by atoms with van der Waals surface area (Å²) in [6.07, 6.45) is 0.795. The van der Waals surface area contributed by atoms with E-state index in [1.54, 1.807) is 11.8 Å². The summed E-state index contributed by atoms with van der Waals surface area (Å²) in [4.78, 5) is 31.2. The van der Waals surface area contributed by atoms with E-state index in [1.807, 2.05) is 43.3 Å². The Hall–Kier alpha value is -2.60. The SMILES string of the molecule is CCn1c(SC(C)C(=O)c2ccc3c(c2)CCN3C(C)=O)nc2ccccc21. The first-order chi connectivity index (χ1) is 13.5. The van der Waals surface area contributed by atoms with Crippen molar-refractivity contribution in [3.63, 3.8) is 0 Å². The highest BCUT2D eigenvalue weighted by Crippen LogP contribution is 2.32. The highest BCUT2D eigenvalue weighted by molar-refractivity contribution is 8.00. The Balaban J connectivity index is 1.57. The molecule has 0 N–H and O–H groups in total. The predicted molar refractivity (Wildman–Crippen MR) is 113 cm³/mol. The second-order valence-electron chi connectivity index (χ2n) is 7.02. The number of rotatable bonds is 5. The van der Waals surface area contributed by atoms with Gasteiger partial charge in [0.2, 0.25) is 5.91 Å². The van der Waals surface area contributed by atoms with Crippen LogP contribution in [0.15, 0.2) is 47.6 Å². The molecule has 2 aromatic carbocycles. The number of thioether (sulfide) groups is 1. The minimum absolute atomic E-state index is 0.0419. The van der Waals surface area contributed by atoms with Gasteiger partial charge in [0.05, 0.1) is 16.3 Å². The molecule has 0 saturated carbocycles. The molecule has 0 spiro atoms. The zero-order chi connectivity index (χ0) is 19.8. The Morgan fingerprint density at radius 2 is 2.00 bits per heavy atom.